The summed E-state index contributed by atoms with van der Waals surface area (Å²) in [6, 6.07) is -1.38. The highest BCUT2D eigenvalue weighted by Crippen LogP contribution is 2.30. The van der Waals surface area contributed by atoms with Crippen LogP contribution in [0.5, 0.6) is 0 Å². The van der Waals surface area contributed by atoms with Gasteiger partial charge in [0.1, 0.15) is 23.4 Å². The molecule has 1 unspecified atom stereocenters. The smallest absolute Gasteiger partial charge is 0.274 e. The number of rotatable bonds is 12. The van der Waals surface area contributed by atoms with Gasteiger partial charge in [-0.15, -0.1) is 0 Å². The zero-order valence-electron chi connectivity index (χ0n) is 21.8. The SMILES string of the molecule is COC[C@H](NC(=O)c1cc(C)on1)C(=O)N[C@H](C(=O)N[C@@H](CC(C)C)C(=O)C1(C)CO1)C(C)(C)C. The number of ketones is 1. The summed E-state index contributed by atoms with van der Waals surface area (Å²) in [6.07, 6.45) is 0.438. The quantitative estimate of drug-likeness (QED) is 0.366. The zero-order chi connectivity index (χ0) is 26.6. The van der Waals surface area contributed by atoms with E-state index >= 15 is 0 Å². The van der Waals surface area contributed by atoms with Crippen molar-refractivity contribution in [1.82, 2.24) is 21.1 Å². The van der Waals surface area contributed by atoms with Crippen LogP contribution in [0.2, 0.25) is 0 Å². The summed E-state index contributed by atoms with van der Waals surface area (Å²) in [7, 11) is 1.39. The maximum Gasteiger partial charge on any atom is 0.274 e. The van der Waals surface area contributed by atoms with Gasteiger partial charge in [-0.1, -0.05) is 39.8 Å². The predicted molar refractivity (Wildman–Crippen MR) is 127 cm³/mol. The lowest BCUT2D eigenvalue weighted by molar-refractivity contribution is -0.136. The van der Waals surface area contributed by atoms with E-state index in [1.54, 1.807) is 34.6 Å². The number of methoxy groups -OCH3 is 1. The highest BCUT2D eigenvalue weighted by atomic mass is 16.6. The molecule has 1 saturated heterocycles. The predicted octanol–water partition coefficient (Wildman–Crippen LogP) is 1.15. The van der Waals surface area contributed by atoms with Gasteiger partial charge in [-0.05, 0) is 31.6 Å². The molecular formula is C24H38N4O7. The summed E-state index contributed by atoms with van der Waals surface area (Å²) in [5.41, 5.74) is -1.57. The van der Waals surface area contributed by atoms with E-state index in [4.69, 9.17) is 14.0 Å². The van der Waals surface area contributed by atoms with E-state index in [-0.39, 0.29) is 24.0 Å². The van der Waals surface area contributed by atoms with Crippen LogP contribution in [0.1, 0.15) is 64.2 Å². The standard InChI is InChI=1S/C24H38N4O7/c1-13(2)9-15(19(29)24(7)12-34-24)25-22(32)18(23(4,5)6)27-21(31)17(11-33-8)26-20(30)16-10-14(3)35-28-16/h10,13,15,17-18H,9,11-12H2,1-8H3,(H,25,32)(H,26,30)(H,27,31)/t15-,17-,18+,24?/m0/s1. The number of ether oxygens (including phenoxy) is 2. The molecule has 1 aromatic heterocycles. The van der Waals surface area contributed by atoms with E-state index in [1.165, 1.54) is 13.2 Å². The fraction of sp³-hybridized carbons (Fsp3) is 0.708. The third kappa shape index (κ3) is 7.86. The van der Waals surface area contributed by atoms with Crippen LogP contribution in [0.15, 0.2) is 10.6 Å². The second-order valence-corrected chi connectivity index (χ2v) is 10.7. The molecule has 1 aliphatic rings. The summed E-state index contributed by atoms with van der Waals surface area (Å²) in [5, 5.41) is 11.8. The van der Waals surface area contributed by atoms with E-state index in [9.17, 15) is 19.2 Å². The first-order valence-electron chi connectivity index (χ1n) is 11.7. The number of carbonyl (C=O) groups is 4. The molecule has 2 rings (SSSR count). The van der Waals surface area contributed by atoms with Gasteiger partial charge in [0, 0.05) is 13.2 Å². The molecule has 35 heavy (non-hydrogen) atoms. The Kier molecular flexibility index (Phi) is 9.18. The molecular weight excluding hydrogens is 456 g/mol. The lowest BCUT2D eigenvalue weighted by Gasteiger charge is -2.33. The largest absolute Gasteiger partial charge is 0.382 e. The monoisotopic (exact) mass is 494 g/mol. The number of epoxide rings is 1. The van der Waals surface area contributed by atoms with E-state index in [0.717, 1.165) is 0 Å². The van der Waals surface area contributed by atoms with Crippen LogP contribution in [-0.2, 0) is 23.9 Å². The minimum Gasteiger partial charge on any atom is -0.382 e. The second kappa shape index (κ2) is 11.3. The molecule has 3 N–H and O–H groups in total. The molecule has 1 fully saturated rings. The summed E-state index contributed by atoms with van der Waals surface area (Å²) in [4.78, 5) is 51.9. The number of nitrogens with one attached hydrogen (secondary N) is 3. The van der Waals surface area contributed by atoms with Crippen LogP contribution in [0, 0.1) is 18.3 Å². The van der Waals surface area contributed by atoms with Gasteiger partial charge in [0.15, 0.2) is 11.5 Å². The number of amides is 3. The Bertz CT molecular complexity index is 931. The van der Waals surface area contributed by atoms with Crippen molar-refractivity contribution in [2.45, 2.75) is 78.6 Å². The molecule has 0 saturated carbocycles. The number of nitrogens with zero attached hydrogens (tertiary/aromatic N) is 1. The Morgan fingerprint density at radius 1 is 1.11 bits per heavy atom. The molecule has 11 nitrogen and oxygen atoms in total. The minimum absolute atomic E-state index is 0.0207. The van der Waals surface area contributed by atoms with Gasteiger partial charge >= 0.3 is 0 Å². The molecule has 11 heteroatoms. The Morgan fingerprint density at radius 2 is 1.74 bits per heavy atom. The minimum atomic E-state index is -1.09. The molecule has 2 heterocycles. The van der Waals surface area contributed by atoms with Crippen LogP contribution in [0.4, 0.5) is 0 Å². The normalized spacial score (nSPS) is 20.0. The first-order chi connectivity index (χ1) is 16.2. The van der Waals surface area contributed by atoms with E-state index in [2.05, 4.69) is 21.1 Å². The van der Waals surface area contributed by atoms with E-state index in [1.807, 2.05) is 13.8 Å². The van der Waals surface area contributed by atoms with Crippen LogP contribution in [0.3, 0.4) is 0 Å². The first-order valence-corrected chi connectivity index (χ1v) is 11.7. The second-order valence-electron chi connectivity index (χ2n) is 10.7. The molecule has 0 aliphatic carbocycles. The number of carbonyl (C=O) groups excluding carboxylic acids is 4. The van der Waals surface area contributed by atoms with Gasteiger partial charge in [0.05, 0.1) is 19.3 Å². The van der Waals surface area contributed by atoms with Crippen LogP contribution in [-0.4, -0.2) is 72.7 Å². The summed E-state index contributed by atoms with van der Waals surface area (Å²) < 4.78 is 15.3. The van der Waals surface area contributed by atoms with E-state index < -0.39 is 46.9 Å². The molecule has 1 aliphatic heterocycles. The van der Waals surface area contributed by atoms with Crippen LogP contribution >= 0.6 is 0 Å². The third-order valence-corrected chi connectivity index (χ3v) is 5.67. The van der Waals surface area contributed by atoms with Gasteiger partial charge in [-0.2, -0.15) is 0 Å². The molecule has 0 radical (unpaired) electrons. The maximum atomic E-state index is 13.3. The summed E-state index contributed by atoms with van der Waals surface area (Å²) >= 11 is 0. The van der Waals surface area contributed by atoms with Crippen molar-refractivity contribution in [1.29, 1.82) is 0 Å². The van der Waals surface area contributed by atoms with Crippen molar-refractivity contribution in [2.24, 2.45) is 11.3 Å². The van der Waals surface area contributed by atoms with Crippen LogP contribution < -0.4 is 16.0 Å². The van der Waals surface area contributed by atoms with Crippen molar-refractivity contribution in [3.8, 4) is 0 Å². The number of aromatic nitrogens is 1. The first kappa shape index (κ1) is 28.4. The number of hydrogen-bond donors (Lipinski definition) is 3. The van der Waals surface area contributed by atoms with Crippen molar-refractivity contribution in [3.05, 3.63) is 17.5 Å². The van der Waals surface area contributed by atoms with Gasteiger partial charge in [-0.25, -0.2) is 0 Å². The van der Waals surface area contributed by atoms with Gasteiger partial charge < -0.3 is 29.9 Å². The number of Topliss-reactive ketones (excluding diaryl/α,β-unsaturated/α-hetero) is 1. The average molecular weight is 495 g/mol. The molecule has 0 aromatic carbocycles. The highest BCUT2D eigenvalue weighted by molar-refractivity contribution is 5.99. The Balaban J connectivity index is 2.16. The fourth-order valence-electron chi connectivity index (χ4n) is 3.55. The topological polar surface area (TPSA) is 152 Å². The Hall–Kier alpha value is -2.79. The molecule has 0 spiro atoms. The average Bonchev–Trinajstić information content (AvgIpc) is 3.35. The van der Waals surface area contributed by atoms with Crippen molar-refractivity contribution in [2.75, 3.05) is 20.3 Å². The number of hydrogen-bond acceptors (Lipinski definition) is 8. The lowest BCUT2D eigenvalue weighted by Crippen LogP contribution is -2.61. The fourth-order valence-corrected chi connectivity index (χ4v) is 3.55. The highest BCUT2D eigenvalue weighted by Gasteiger charge is 2.50. The third-order valence-electron chi connectivity index (χ3n) is 5.67. The van der Waals surface area contributed by atoms with Crippen molar-refractivity contribution < 1.29 is 33.2 Å². The molecule has 196 valence electrons. The Labute approximate surface area is 206 Å². The molecule has 4 atom stereocenters. The van der Waals surface area contributed by atoms with Gasteiger partial charge in [0.25, 0.3) is 5.91 Å². The van der Waals surface area contributed by atoms with Crippen LogP contribution in [0.25, 0.3) is 0 Å². The van der Waals surface area contributed by atoms with Crippen molar-refractivity contribution >= 4 is 23.5 Å². The zero-order valence-corrected chi connectivity index (χ0v) is 21.8. The van der Waals surface area contributed by atoms with E-state index in [0.29, 0.717) is 18.8 Å². The molecule has 0 bridgehead atoms. The van der Waals surface area contributed by atoms with Gasteiger partial charge in [-0.3, -0.25) is 19.2 Å². The lowest BCUT2D eigenvalue weighted by atomic mass is 9.85. The summed E-state index contributed by atoms with van der Waals surface area (Å²) in [5.74, 6) is -1.32. The number of aryl methyl sites for hydroxylation is 1. The Morgan fingerprint density at radius 3 is 2.20 bits per heavy atom. The molecule has 3 amide bonds. The summed E-state index contributed by atoms with van der Waals surface area (Å²) in [6.45, 7) is 12.8. The van der Waals surface area contributed by atoms with Gasteiger partial charge in [0.2, 0.25) is 11.8 Å². The molecule has 1 aromatic rings. The maximum absolute atomic E-state index is 13.3. The van der Waals surface area contributed by atoms with Crippen molar-refractivity contribution in [3.63, 3.8) is 0 Å².